The van der Waals surface area contributed by atoms with Crippen LogP contribution >= 0.6 is 0 Å². The Bertz CT molecular complexity index is 722. The van der Waals surface area contributed by atoms with Gasteiger partial charge in [0.1, 0.15) is 12.4 Å². The Morgan fingerprint density at radius 3 is 3.05 bits per heavy atom. The number of hydrogen-bond donors (Lipinski definition) is 0. The molecule has 0 amide bonds. The van der Waals surface area contributed by atoms with Crippen LogP contribution in [-0.2, 0) is 11.3 Å². The van der Waals surface area contributed by atoms with Gasteiger partial charge in [0.05, 0.1) is 17.7 Å². The maximum absolute atomic E-state index is 11.5. The van der Waals surface area contributed by atoms with Gasteiger partial charge in [0.2, 0.25) is 0 Å². The van der Waals surface area contributed by atoms with E-state index in [2.05, 4.69) is 9.72 Å². The quantitative estimate of drug-likeness (QED) is 0.467. The Hall–Kier alpha value is -2.90. The SMILES string of the molecule is COC(=O)c1cn2c(n1)COc1ccc([N+](=O)[O-])cc1-2. The maximum atomic E-state index is 11.5. The number of nitro benzene ring substituents is 1. The zero-order valence-electron chi connectivity index (χ0n) is 10.4. The van der Waals surface area contributed by atoms with Gasteiger partial charge in [-0.3, -0.25) is 14.7 Å². The highest BCUT2D eigenvalue weighted by atomic mass is 16.6. The van der Waals surface area contributed by atoms with Crippen molar-refractivity contribution in [3.63, 3.8) is 0 Å². The average molecular weight is 275 g/mol. The second-order valence-corrected chi connectivity index (χ2v) is 4.10. The summed E-state index contributed by atoms with van der Waals surface area (Å²) in [5.74, 6) is 0.411. The van der Waals surface area contributed by atoms with Gasteiger partial charge in [0.15, 0.2) is 11.5 Å². The molecule has 0 saturated heterocycles. The fraction of sp³-hybridized carbons (Fsp3) is 0.167. The topological polar surface area (TPSA) is 96.5 Å². The molecule has 2 aromatic rings. The summed E-state index contributed by atoms with van der Waals surface area (Å²) in [6.07, 6.45) is 1.48. The molecular weight excluding hydrogens is 266 g/mol. The number of nitrogens with zero attached hydrogens (tertiary/aromatic N) is 3. The van der Waals surface area contributed by atoms with Gasteiger partial charge in [-0.1, -0.05) is 0 Å². The van der Waals surface area contributed by atoms with Crippen molar-refractivity contribution >= 4 is 11.7 Å². The summed E-state index contributed by atoms with van der Waals surface area (Å²) in [6.45, 7) is 0.182. The summed E-state index contributed by atoms with van der Waals surface area (Å²) in [4.78, 5) is 25.9. The van der Waals surface area contributed by atoms with E-state index in [4.69, 9.17) is 4.74 Å². The number of hydrogen-bond acceptors (Lipinski definition) is 6. The minimum atomic E-state index is -0.570. The first kappa shape index (κ1) is 12.2. The Kier molecular flexibility index (Phi) is 2.63. The van der Waals surface area contributed by atoms with Crippen LogP contribution in [-0.4, -0.2) is 27.6 Å². The molecule has 102 valence electrons. The van der Waals surface area contributed by atoms with Crippen molar-refractivity contribution in [3.05, 3.63) is 46.0 Å². The summed E-state index contributed by atoms with van der Waals surface area (Å²) in [6, 6.07) is 4.26. The standard InChI is InChI=1S/C12H9N3O5/c1-19-12(16)8-5-14-9-4-7(15(17)18)2-3-10(9)20-6-11(14)13-8/h2-5H,6H2,1H3. The highest BCUT2D eigenvalue weighted by Gasteiger charge is 2.24. The monoisotopic (exact) mass is 275 g/mol. The Balaban J connectivity index is 2.13. The van der Waals surface area contributed by atoms with Gasteiger partial charge in [-0.15, -0.1) is 0 Å². The Morgan fingerprint density at radius 2 is 2.35 bits per heavy atom. The number of carbonyl (C=O) groups is 1. The number of benzene rings is 1. The van der Waals surface area contributed by atoms with Crippen LogP contribution in [0.3, 0.4) is 0 Å². The molecule has 1 aliphatic heterocycles. The normalized spacial score (nSPS) is 12.1. The zero-order valence-corrected chi connectivity index (χ0v) is 10.4. The highest BCUT2D eigenvalue weighted by molar-refractivity contribution is 5.87. The summed E-state index contributed by atoms with van der Waals surface area (Å²) in [5.41, 5.74) is 0.544. The molecular formula is C12H9N3O5. The molecule has 0 N–H and O–H groups in total. The second kappa shape index (κ2) is 4.34. The van der Waals surface area contributed by atoms with E-state index in [9.17, 15) is 14.9 Å². The van der Waals surface area contributed by atoms with Gasteiger partial charge in [-0.05, 0) is 6.07 Å². The molecule has 3 rings (SSSR count). The molecule has 0 unspecified atom stereocenters. The lowest BCUT2D eigenvalue weighted by molar-refractivity contribution is -0.384. The minimum absolute atomic E-state index is 0.0616. The number of non-ortho nitro benzene ring substituents is 1. The van der Waals surface area contributed by atoms with Crippen molar-refractivity contribution in [3.8, 4) is 11.4 Å². The number of aromatic nitrogens is 2. The molecule has 0 spiro atoms. The van der Waals surface area contributed by atoms with Gasteiger partial charge < -0.3 is 9.47 Å². The number of methoxy groups -OCH3 is 1. The van der Waals surface area contributed by atoms with Crippen LogP contribution in [0.5, 0.6) is 5.75 Å². The van der Waals surface area contributed by atoms with E-state index < -0.39 is 10.9 Å². The van der Waals surface area contributed by atoms with Gasteiger partial charge in [-0.25, -0.2) is 9.78 Å². The summed E-state index contributed by atoms with van der Waals surface area (Å²) >= 11 is 0. The van der Waals surface area contributed by atoms with Crippen LogP contribution in [0.4, 0.5) is 5.69 Å². The lowest BCUT2D eigenvalue weighted by atomic mass is 10.2. The van der Waals surface area contributed by atoms with E-state index in [1.54, 1.807) is 4.57 Å². The predicted octanol–water partition coefficient (Wildman–Crippen LogP) is 1.46. The van der Waals surface area contributed by atoms with Crippen LogP contribution in [0.2, 0.25) is 0 Å². The largest absolute Gasteiger partial charge is 0.483 e. The van der Waals surface area contributed by atoms with Gasteiger partial charge in [0.25, 0.3) is 5.69 Å². The molecule has 8 nitrogen and oxygen atoms in total. The zero-order chi connectivity index (χ0) is 14.3. The Labute approximate surface area is 112 Å². The van der Waals surface area contributed by atoms with Gasteiger partial charge >= 0.3 is 5.97 Å². The molecule has 1 aromatic heterocycles. The van der Waals surface area contributed by atoms with Crippen molar-refractivity contribution in [1.29, 1.82) is 0 Å². The lowest BCUT2D eigenvalue weighted by Crippen LogP contribution is -2.12. The first-order chi connectivity index (χ1) is 9.60. The number of nitro groups is 1. The van der Waals surface area contributed by atoms with Gasteiger partial charge in [0, 0.05) is 18.3 Å². The number of esters is 1. The fourth-order valence-corrected chi connectivity index (χ4v) is 2.00. The third kappa shape index (κ3) is 1.78. The summed E-state index contributed by atoms with van der Waals surface area (Å²) in [7, 11) is 1.26. The van der Waals surface area contributed by atoms with Crippen LogP contribution < -0.4 is 4.74 Å². The number of fused-ring (bicyclic) bond motifs is 3. The third-order valence-corrected chi connectivity index (χ3v) is 2.94. The van der Waals surface area contributed by atoms with E-state index in [1.165, 1.54) is 31.5 Å². The van der Waals surface area contributed by atoms with Gasteiger partial charge in [-0.2, -0.15) is 0 Å². The Morgan fingerprint density at radius 1 is 1.55 bits per heavy atom. The van der Waals surface area contributed by atoms with E-state index in [0.29, 0.717) is 17.3 Å². The molecule has 2 heterocycles. The molecule has 8 heteroatoms. The van der Waals surface area contributed by atoms with E-state index in [0.717, 1.165) is 0 Å². The average Bonchev–Trinajstić information content (AvgIpc) is 2.90. The molecule has 0 aliphatic carbocycles. The molecule has 1 aromatic carbocycles. The van der Waals surface area contributed by atoms with Crippen molar-refractivity contribution in [2.45, 2.75) is 6.61 Å². The van der Waals surface area contributed by atoms with E-state index in [-0.39, 0.29) is 18.0 Å². The second-order valence-electron chi connectivity index (χ2n) is 4.10. The maximum Gasteiger partial charge on any atom is 0.358 e. The minimum Gasteiger partial charge on any atom is -0.483 e. The number of rotatable bonds is 2. The van der Waals surface area contributed by atoms with Crippen molar-refractivity contribution < 1.29 is 19.2 Å². The van der Waals surface area contributed by atoms with Crippen molar-refractivity contribution in [2.75, 3.05) is 7.11 Å². The van der Waals surface area contributed by atoms with Crippen LogP contribution in [0.15, 0.2) is 24.4 Å². The van der Waals surface area contributed by atoms with E-state index >= 15 is 0 Å². The van der Waals surface area contributed by atoms with Crippen molar-refractivity contribution in [2.24, 2.45) is 0 Å². The van der Waals surface area contributed by atoms with Crippen LogP contribution in [0.1, 0.15) is 16.3 Å². The molecule has 0 saturated carbocycles. The molecule has 0 bridgehead atoms. The van der Waals surface area contributed by atoms with E-state index in [1.807, 2.05) is 0 Å². The third-order valence-electron chi connectivity index (χ3n) is 2.94. The molecule has 20 heavy (non-hydrogen) atoms. The predicted molar refractivity (Wildman–Crippen MR) is 65.9 cm³/mol. The number of carbonyl (C=O) groups excluding carboxylic acids is 1. The first-order valence-electron chi connectivity index (χ1n) is 5.68. The van der Waals surface area contributed by atoms with Crippen molar-refractivity contribution in [1.82, 2.24) is 9.55 Å². The summed E-state index contributed by atoms with van der Waals surface area (Å²) in [5, 5.41) is 10.8. The molecule has 0 fully saturated rings. The fourth-order valence-electron chi connectivity index (χ4n) is 2.00. The molecule has 0 atom stereocenters. The van der Waals surface area contributed by atoms with Crippen LogP contribution in [0.25, 0.3) is 5.69 Å². The first-order valence-corrected chi connectivity index (χ1v) is 5.68. The molecule has 1 aliphatic rings. The smallest absolute Gasteiger partial charge is 0.358 e. The molecule has 0 radical (unpaired) electrons. The number of ether oxygens (including phenoxy) is 2. The van der Waals surface area contributed by atoms with Crippen LogP contribution in [0, 0.1) is 10.1 Å². The number of imidazole rings is 1. The highest BCUT2D eigenvalue weighted by Crippen LogP contribution is 2.32. The lowest BCUT2D eigenvalue weighted by Gasteiger charge is -2.18. The summed E-state index contributed by atoms with van der Waals surface area (Å²) < 4.78 is 11.6.